The molecule has 204 valence electrons. The Morgan fingerprint density at radius 1 is 0.892 bits per heavy atom. The van der Waals surface area contributed by atoms with Gasteiger partial charge in [0.25, 0.3) is 0 Å². The Morgan fingerprint density at radius 2 is 1.49 bits per heavy atom. The van der Waals surface area contributed by atoms with Crippen LogP contribution in [0.4, 0.5) is 4.79 Å². The molecule has 0 bridgehead atoms. The number of carboxylic acids is 1. The molecule has 2 rings (SSSR count). The zero-order valence-electron chi connectivity index (χ0n) is 22.5. The second kappa shape index (κ2) is 16.5. The fourth-order valence-corrected chi connectivity index (χ4v) is 4.15. The minimum Gasteiger partial charge on any atom is -0.497 e. The summed E-state index contributed by atoms with van der Waals surface area (Å²) >= 11 is 0. The lowest BCUT2D eigenvalue weighted by atomic mass is 9.98. The van der Waals surface area contributed by atoms with Crippen molar-refractivity contribution in [2.45, 2.75) is 59.0 Å². The van der Waals surface area contributed by atoms with Gasteiger partial charge >= 0.3 is 12.1 Å². The summed E-state index contributed by atoms with van der Waals surface area (Å²) in [5.41, 5.74) is 0.847. The van der Waals surface area contributed by atoms with E-state index in [1.54, 1.807) is 55.3 Å². The molecule has 8 nitrogen and oxygen atoms in total. The molecule has 0 aromatic heterocycles. The first kappa shape index (κ1) is 30.0. The minimum absolute atomic E-state index is 0.282. The fraction of sp³-hybridized carbons (Fsp3) is 0.517. The van der Waals surface area contributed by atoms with Crippen molar-refractivity contribution in [1.29, 1.82) is 0 Å². The maximum Gasteiger partial charge on any atom is 0.415 e. The van der Waals surface area contributed by atoms with Gasteiger partial charge in [-0.05, 0) is 67.6 Å². The lowest BCUT2D eigenvalue weighted by Crippen LogP contribution is -2.40. The summed E-state index contributed by atoms with van der Waals surface area (Å²) in [4.78, 5) is 26.1. The predicted molar refractivity (Wildman–Crippen MR) is 143 cm³/mol. The van der Waals surface area contributed by atoms with E-state index in [1.807, 2.05) is 12.1 Å². The molecule has 0 saturated heterocycles. The predicted octanol–water partition coefficient (Wildman–Crippen LogP) is 5.82. The van der Waals surface area contributed by atoms with E-state index in [4.69, 9.17) is 18.9 Å². The lowest BCUT2D eigenvalue weighted by molar-refractivity contribution is -0.149. The first-order valence-electron chi connectivity index (χ1n) is 13.1. The number of ether oxygens (including phenoxy) is 4. The minimum atomic E-state index is -0.978. The van der Waals surface area contributed by atoms with Crippen LogP contribution in [0.1, 0.15) is 52.0 Å². The number of carbonyl (C=O) groups is 2. The van der Waals surface area contributed by atoms with Gasteiger partial charge in [-0.3, -0.25) is 0 Å². The number of nitrogens with zero attached hydrogens (tertiary/aromatic N) is 1. The Bertz CT molecular complexity index is 924. The summed E-state index contributed by atoms with van der Waals surface area (Å²) in [7, 11) is 1.59. The number of hydrogen-bond donors (Lipinski definition) is 1. The van der Waals surface area contributed by atoms with Crippen molar-refractivity contribution < 1.29 is 33.6 Å². The Hall–Kier alpha value is -3.26. The van der Waals surface area contributed by atoms with E-state index in [-0.39, 0.29) is 6.42 Å². The van der Waals surface area contributed by atoms with Crippen molar-refractivity contribution in [1.82, 2.24) is 4.90 Å². The van der Waals surface area contributed by atoms with E-state index in [0.717, 1.165) is 31.2 Å². The van der Waals surface area contributed by atoms with E-state index in [1.165, 1.54) is 0 Å². The third-order valence-electron chi connectivity index (χ3n) is 6.01. The van der Waals surface area contributed by atoms with Crippen LogP contribution in [0.25, 0.3) is 0 Å². The van der Waals surface area contributed by atoms with Gasteiger partial charge in [0.1, 0.15) is 23.9 Å². The molecule has 0 saturated carbocycles. The van der Waals surface area contributed by atoms with Gasteiger partial charge in [-0.2, -0.15) is 0 Å². The van der Waals surface area contributed by atoms with Gasteiger partial charge < -0.3 is 29.0 Å². The van der Waals surface area contributed by atoms with E-state index in [9.17, 15) is 14.7 Å². The average molecular weight is 516 g/mol. The quantitative estimate of drug-likeness (QED) is 0.283. The van der Waals surface area contributed by atoms with Crippen molar-refractivity contribution >= 4 is 12.1 Å². The molecule has 0 heterocycles. The molecule has 37 heavy (non-hydrogen) atoms. The molecule has 0 aliphatic heterocycles. The van der Waals surface area contributed by atoms with Crippen molar-refractivity contribution in [3.05, 3.63) is 54.1 Å². The molecule has 1 atom stereocenters. The van der Waals surface area contributed by atoms with Gasteiger partial charge in [-0.25, -0.2) is 9.59 Å². The third-order valence-corrected chi connectivity index (χ3v) is 6.01. The van der Waals surface area contributed by atoms with Crippen LogP contribution in [0.3, 0.4) is 0 Å². The molecule has 1 amide bonds. The molecule has 0 aliphatic carbocycles. The highest BCUT2D eigenvalue weighted by Crippen LogP contribution is 2.20. The fourth-order valence-electron chi connectivity index (χ4n) is 4.15. The van der Waals surface area contributed by atoms with Gasteiger partial charge in [-0.1, -0.05) is 38.8 Å². The molecule has 2 aromatic rings. The molecule has 0 spiro atoms. The molecule has 8 heteroatoms. The Morgan fingerprint density at radius 3 is 2.03 bits per heavy atom. The highest BCUT2D eigenvalue weighted by Gasteiger charge is 2.21. The van der Waals surface area contributed by atoms with Crippen LogP contribution in [-0.4, -0.2) is 61.6 Å². The molecule has 1 N–H and O–H groups in total. The summed E-state index contributed by atoms with van der Waals surface area (Å²) in [6.45, 7) is 7.71. The highest BCUT2D eigenvalue weighted by atomic mass is 16.6. The summed E-state index contributed by atoms with van der Waals surface area (Å²) in [6, 6.07) is 14.2. The third kappa shape index (κ3) is 10.7. The summed E-state index contributed by atoms with van der Waals surface area (Å²) in [6.07, 6.45) is 3.20. The summed E-state index contributed by atoms with van der Waals surface area (Å²) in [5, 5.41) is 9.28. The molecule has 0 fully saturated rings. The maximum absolute atomic E-state index is 13.1. The number of aliphatic carboxylic acids is 1. The standard InChI is InChI=1S/C29H41NO7/c1-5-8-23(9-6-2)21-30(29(33)37-26-16-14-24(34-4)15-17-26)18-19-36-25-12-10-22(11-13-25)20-27(28(31)32)35-7-3/h10-17,23,27H,5-9,18-21H2,1-4H3,(H,31,32). The first-order valence-corrected chi connectivity index (χ1v) is 13.1. The number of benzene rings is 2. The number of carboxylic acid groups (broad SMARTS) is 1. The zero-order valence-corrected chi connectivity index (χ0v) is 22.5. The van der Waals surface area contributed by atoms with Crippen LogP contribution in [-0.2, 0) is 16.0 Å². The molecular formula is C29H41NO7. The van der Waals surface area contributed by atoms with Gasteiger partial charge in [0.05, 0.1) is 13.7 Å². The van der Waals surface area contributed by atoms with Crippen molar-refractivity contribution in [3.63, 3.8) is 0 Å². The Labute approximate surface area is 220 Å². The Kier molecular flexibility index (Phi) is 13.3. The van der Waals surface area contributed by atoms with Gasteiger partial charge in [0.2, 0.25) is 0 Å². The highest BCUT2D eigenvalue weighted by molar-refractivity contribution is 5.72. The smallest absolute Gasteiger partial charge is 0.415 e. The van der Waals surface area contributed by atoms with Gasteiger partial charge in [-0.15, -0.1) is 0 Å². The van der Waals surface area contributed by atoms with Gasteiger partial charge in [0, 0.05) is 19.6 Å². The number of methoxy groups -OCH3 is 1. The Balaban J connectivity index is 2.00. The first-order chi connectivity index (χ1) is 17.9. The molecule has 0 aliphatic rings. The topological polar surface area (TPSA) is 94.5 Å². The SMILES string of the molecule is CCCC(CCC)CN(CCOc1ccc(CC(OCC)C(=O)O)cc1)C(=O)Oc1ccc(OC)cc1. The second-order valence-corrected chi connectivity index (χ2v) is 8.91. The maximum atomic E-state index is 13.1. The van der Waals surface area contributed by atoms with Gasteiger partial charge in [0.15, 0.2) is 6.10 Å². The van der Waals surface area contributed by atoms with Crippen LogP contribution < -0.4 is 14.2 Å². The van der Waals surface area contributed by atoms with Crippen LogP contribution in [0, 0.1) is 5.92 Å². The van der Waals surface area contributed by atoms with Crippen LogP contribution in [0.5, 0.6) is 17.2 Å². The lowest BCUT2D eigenvalue weighted by Gasteiger charge is -2.27. The molecule has 0 radical (unpaired) electrons. The number of carbonyl (C=O) groups excluding carboxylic acids is 1. The molecule has 2 aromatic carbocycles. The zero-order chi connectivity index (χ0) is 27.0. The number of amides is 1. The molecular weight excluding hydrogens is 474 g/mol. The van der Waals surface area contributed by atoms with Crippen LogP contribution in [0.15, 0.2) is 48.5 Å². The van der Waals surface area contributed by atoms with E-state index >= 15 is 0 Å². The molecule has 1 unspecified atom stereocenters. The summed E-state index contributed by atoms with van der Waals surface area (Å²) < 4.78 is 22.0. The second-order valence-electron chi connectivity index (χ2n) is 8.91. The van der Waals surface area contributed by atoms with Crippen molar-refractivity contribution in [2.24, 2.45) is 5.92 Å². The van der Waals surface area contributed by atoms with E-state index < -0.39 is 18.2 Å². The average Bonchev–Trinajstić information content (AvgIpc) is 2.89. The number of hydrogen-bond acceptors (Lipinski definition) is 6. The largest absolute Gasteiger partial charge is 0.497 e. The summed E-state index contributed by atoms with van der Waals surface area (Å²) in [5.74, 6) is 1.22. The van der Waals surface area contributed by atoms with Crippen molar-refractivity contribution in [2.75, 3.05) is 33.4 Å². The normalized spacial score (nSPS) is 11.7. The number of rotatable bonds is 17. The van der Waals surface area contributed by atoms with E-state index in [0.29, 0.717) is 49.5 Å². The van der Waals surface area contributed by atoms with Crippen molar-refractivity contribution in [3.8, 4) is 17.2 Å². The van der Waals surface area contributed by atoms with E-state index in [2.05, 4.69) is 13.8 Å². The van der Waals surface area contributed by atoms with Crippen LogP contribution >= 0.6 is 0 Å². The monoisotopic (exact) mass is 515 g/mol. The van der Waals surface area contributed by atoms with Crippen LogP contribution in [0.2, 0.25) is 0 Å².